The number of benzene rings is 1. The van der Waals surface area contributed by atoms with Gasteiger partial charge in [0.05, 0.1) is 22.3 Å². The van der Waals surface area contributed by atoms with Crippen molar-refractivity contribution in [1.82, 2.24) is 10.2 Å². The van der Waals surface area contributed by atoms with Crippen LogP contribution in [-0.4, -0.2) is 17.3 Å². The number of rotatable bonds is 2. The summed E-state index contributed by atoms with van der Waals surface area (Å²) < 4.78 is 5.78. The van der Waals surface area contributed by atoms with E-state index in [0.717, 1.165) is 11.3 Å². The Hall–Kier alpha value is -1.20. The number of anilines is 1. The SMILES string of the molecule is COc1ccc(-c2[nH]nc(N)c2Br)c(Cl)c1. The molecule has 2 rings (SSSR count). The third-order valence-corrected chi connectivity index (χ3v) is 3.29. The zero-order valence-electron chi connectivity index (χ0n) is 8.42. The number of nitrogens with zero attached hydrogens (tertiary/aromatic N) is 1. The highest BCUT2D eigenvalue weighted by molar-refractivity contribution is 9.10. The molecule has 84 valence electrons. The molecule has 3 N–H and O–H groups in total. The molecule has 0 aliphatic rings. The highest BCUT2D eigenvalue weighted by atomic mass is 79.9. The first kappa shape index (κ1) is 11.3. The van der Waals surface area contributed by atoms with Gasteiger partial charge in [-0.25, -0.2) is 0 Å². The van der Waals surface area contributed by atoms with Crippen molar-refractivity contribution in [3.05, 3.63) is 27.7 Å². The van der Waals surface area contributed by atoms with Gasteiger partial charge in [-0.2, -0.15) is 5.10 Å². The van der Waals surface area contributed by atoms with Gasteiger partial charge in [0, 0.05) is 5.56 Å². The Morgan fingerprint density at radius 3 is 2.75 bits per heavy atom. The fourth-order valence-corrected chi connectivity index (χ4v) is 2.00. The molecule has 0 spiro atoms. The van der Waals surface area contributed by atoms with E-state index in [9.17, 15) is 0 Å². The predicted molar refractivity (Wildman–Crippen MR) is 67.7 cm³/mol. The van der Waals surface area contributed by atoms with Gasteiger partial charge >= 0.3 is 0 Å². The van der Waals surface area contributed by atoms with E-state index in [0.29, 0.717) is 21.1 Å². The second kappa shape index (κ2) is 4.35. The predicted octanol–water partition coefficient (Wildman–Crippen LogP) is 3.08. The maximum Gasteiger partial charge on any atom is 0.160 e. The molecule has 0 atom stereocenters. The van der Waals surface area contributed by atoms with Gasteiger partial charge in [-0.15, -0.1) is 0 Å². The molecule has 1 heterocycles. The van der Waals surface area contributed by atoms with Crippen LogP contribution in [-0.2, 0) is 0 Å². The number of hydrogen-bond donors (Lipinski definition) is 2. The molecule has 4 nitrogen and oxygen atoms in total. The zero-order chi connectivity index (χ0) is 11.7. The second-order valence-corrected chi connectivity index (χ2v) is 4.34. The summed E-state index contributed by atoms with van der Waals surface area (Å²) in [5.74, 6) is 1.11. The summed E-state index contributed by atoms with van der Waals surface area (Å²) in [4.78, 5) is 0. The molecule has 0 radical (unpaired) electrons. The van der Waals surface area contributed by atoms with E-state index in [1.807, 2.05) is 12.1 Å². The van der Waals surface area contributed by atoms with Crippen molar-refractivity contribution < 1.29 is 4.74 Å². The number of hydrogen-bond acceptors (Lipinski definition) is 3. The summed E-state index contributed by atoms with van der Waals surface area (Å²) in [5, 5.41) is 7.29. The number of nitrogens with one attached hydrogen (secondary N) is 1. The number of nitrogens with two attached hydrogens (primary N) is 1. The van der Waals surface area contributed by atoms with Gasteiger partial charge < -0.3 is 10.5 Å². The first-order valence-electron chi connectivity index (χ1n) is 4.46. The molecule has 0 bridgehead atoms. The van der Waals surface area contributed by atoms with Crippen LogP contribution in [0.25, 0.3) is 11.3 Å². The van der Waals surface area contributed by atoms with Crippen molar-refractivity contribution in [3.63, 3.8) is 0 Å². The summed E-state index contributed by atoms with van der Waals surface area (Å²) in [7, 11) is 1.59. The van der Waals surface area contributed by atoms with Crippen molar-refractivity contribution >= 4 is 33.3 Å². The third kappa shape index (κ3) is 1.88. The van der Waals surface area contributed by atoms with Crippen molar-refractivity contribution in [2.75, 3.05) is 12.8 Å². The molecular weight excluding hydrogens is 293 g/mol. The minimum Gasteiger partial charge on any atom is -0.497 e. The third-order valence-electron chi connectivity index (χ3n) is 2.18. The summed E-state index contributed by atoms with van der Waals surface area (Å²) in [5.41, 5.74) is 7.20. The van der Waals surface area contributed by atoms with E-state index in [1.165, 1.54) is 0 Å². The Morgan fingerprint density at radius 2 is 2.25 bits per heavy atom. The number of methoxy groups -OCH3 is 1. The highest BCUT2D eigenvalue weighted by Gasteiger charge is 2.13. The van der Waals surface area contributed by atoms with Crippen LogP contribution < -0.4 is 10.5 Å². The second-order valence-electron chi connectivity index (χ2n) is 3.14. The molecule has 0 aliphatic heterocycles. The van der Waals surface area contributed by atoms with Gasteiger partial charge in [-0.1, -0.05) is 11.6 Å². The van der Waals surface area contributed by atoms with Crippen LogP contribution in [0, 0.1) is 0 Å². The van der Waals surface area contributed by atoms with Crippen LogP contribution in [0.5, 0.6) is 5.75 Å². The monoisotopic (exact) mass is 301 g/mol. The van der Waals surface area contributed by atoms with E-state index >= 15 is 0 Å². The molecule has 0 fully saturated rings. The van der Waals surface area contributed by atoms with Crippen LogP contribution in [0.1, 0.15) is 0 Å². The maximum atomic E-state index is 6.13. The van der Waals surface area contributed by atoms with E-state index in [1.54, 1.807) is 13.2 Å². The molecule has 0 saturated heterocycles. The van der Waals surface area contributed by atoms with Crippen molar-refractivity contribution in [1.29, 1.82) is 0 Å². The Bertz CT molecular complexity index is 527. The van der Waals surface area contributed by atoms with Crippen LogP contribution in [0.4, 0.5) is 5.82 Å². The lowest BCUT2D eigenvalue weighted by Gasteiger charge is -2.05. The summed E-state index contributed by atoms with van der Waals surface area (Å²) >= 11 is 9.48. The Kier molecular flexibility index (Phi) is 3.07. The Balaban J connectivity index is 2.52. The molecule has 0 unspecified atom stereocenters. The van der Waals surface area contributed by atoms with Gasteiger partial charge in [-0.3, -0.25) is 5.10 Å². The van der Waals surface area contributed by atoms with E-state index in [4.69, 9.17) is 22.1 Å². The Morgan fingerprint density at radius 1 is 1.50 bits per heavy atom. The number of halogens is 2. The zero-order valence-corrected chi connectivity index (χ0v) is 10.8. The molecule has 6 heteroatoms. The first-order valence-corrected chi connectivity index (χ1v) is 5.64. The van der Waals surface area contributed by atoms with Gasteiger partial charge in [0.2, 0.25) is 0 Å². The number of aromatic amines is 1. The van der Waals surface area contributed by atoms with Crippen LogP contribution in [0.15, 0.2) is 22.7 Å². The summed E-state index contributed by atoms with van der Waals surface area (Å²) in [6.07, 6.45) is 0. The minimum absolute atomic E-state index is 0.405. The maximum absolute atomic E-state index is 6.13. The molecule has 0 aliphatic carbocycles. The van der Waals surface area contributed by atoms with Crippen molar-refractivity contribution in [2.24, 2.45) is 0 Å². The van der Waals surface area contributed by atoms with Crippen LogP contribution in [0.3, 0.4) is 0 Å². The number of nitrogen functional groups attached to an aromatic ring is 1. The van der Waals surface area contributed by atoms with E-state index in [-0.39, 0.29) is 0 Å². The summed E-state index contributed by atoms with van der Waals surface area (Å²) in [6, 6.07) is 5.41. The highest BCUT2D eigenvalue weighted by Crippen LogP contribution is 2.36. The lowest BCUT2D eigenvalue weighted by atomic mass is 10.1. The lowest BCUT2D eigenvalue weighted by molar-refractivity contribution is 0.415. The average Bonchev–Trinajstić information content (AvgIpc) is 2.60. The fourth-order valence-electron chi connectivity index (χ4n) is 1.35. The van der Waals surface area contributed by atoms with Gasteiger partial charge in [0.15, 0.2) is 5.82 Å². The normalized spacial score (nSPS) is 10.4. The molecule has 0 amide bonds. The fraction of sp³-hybridized carbons (Fsp3) is 0.100. The number of H-pyrrole nitrogens is 1. The quantitative estimate of drug-likeness (QED) is 0.896. The topological polar surface area (TPSA) is 63.9 Å². The minimum atomic E-state index is 0.405. The average molecular weight is 303 g/mol. The molecule has 2 aromatic rings. The molecule has 16 heavy (non-hydrogen) atoms. The van der Waals surface area contributed by atoms with E-state index < -0.39 is 0 Å². The van der Waals surface area contributed by atoms with Crippen molar-refractivity contribution in [3.8, 4) is 17.0 Å². The largest absolute Gasteiger partial charge is 0.497 e. The van der Waals surface area contributed by atoms with E-state index in [2.05, 4.69) is 26.1 Å². The molecule has 1 aromatic carbocycles. The molecule has 1 aromatic heterocycles. The van der Waals surface area contributed by atoms with Gasteiger partial charge in [0.1, 0.15) is 5.75 Å². The Labute approximate surface area is 106 Å². The van der Waals surface area contributed by atoms with Crippen molar-refractivity contribution in [2.45, 2.75) is 0 Å². The van der Waals surface area contributed by atoms with Crippen LogP contribution >= 0.6 is 27.5 Å². The summed E-state index contributed by atoms with van der Waals surface area (Å²) in [6.45, 7) is 0. The number of ether oxygens (including phenoxy) is 1. The van der Waals surface area contributed by atoms with Gasteiger partial charge in [-0.05, 0) is 34.1 Å². The lowest BCUT2D eigenvalue weighted by Crippen LogP contribution is -1.86. The number of aromatic nitrogens is 2. The molecule has 0 saturated carbocycles. The first-order chi connectivity index (χ1) is 7.63. The standard InChI is InChI=1S/C10H9BrClN3O/c1-16-5-2-3-6(7(12)4-5)9-8(11)10(13)15-14-9/h2-4H,1H3,(H3,13,14,15). The smallest absolute Gasteiger partial charge is 0.160 e. The van der Waals surface area contributed by atoms with Crippen LogP contribution in [0.2, 0.25) is 5.02 Å². The van der Waals surface area contributed by atoms with Gasteiger partial charge in [0.25, 0.3) is 0 Å². The molecular formula is C10H9BrClN3O.